The predicted octanol–water partition coefficient (Wildman–Crippen LogP) is 5.72. The molecule has 1 atom stereocenters. The molecule has 180 valence electrons. The van der Waals surface area contributed by atoms with Gasteiger partial charge in [-0.3, -0.25) is 4.79 Å². The Balaban J connectivity index is 1.98. The van der Waals surface area contributed by atoms with Crippen LogP contribution in [0.15, 0.2) is 48.5 Å². The van der Waals surface area contributed by atoms with Crippen molar-refractivity contribution in [3.63, 3.8) is 0 Å². The van der Waals surface area contributed by atoms with E-state index < -0.39 is 35.1 Å². The SMILES string of the molecule is CC(C)(C)[C@H](NC(=O)c1ccc2ccc(Cl)nc2c1OCc1ccc(C(F)(F)F)cc1)C(=O)O. The summed E-state index contributed by atoms with van der Waals surface area (Å²) < 4.78 is 44.3. The van der Waals surface area contributed by atoms with E-state index in [0.29, 0.717) is 10.9 Å². The first-order chi connectivity index (χ1) is 15.8. The highest BCUT2D eigenvalue weighted by atomic mass is 35.5. The fourth-order valence-electron chi connectivity index (χ4n) is 3.27. The van der Waals surface area contributed by atoms with E-state index in [1.165, 1.54) is 18.2 Å². The lowest BCUT2D eigenvalue weighted by molar-refractivity contribution is -0.142. The molecule has 0 aliphatic heterocycles. The van der Waals surface area contributed by atoms with Crippen LogP contribution < -0.4 is 10.1 Å². The Labute approximate surface area is 198 Å². The number of fused-ring (bicyclic) bond motifs is 1. The van der Waals surface area contributed by atoms with Crippen molar-refractivity contribution in [2.24, 2.45) is 5.41 Å². The number of hydrogen-bond acceptors (Lipinski definition) is 4. The predicted molar refractivity (Wildman–Crippen MR) is 121 cm³/mol. The van der Waals surface area contributed by atoms with E-state index in [4.69, 9.17) is 16.3 Å². The molecule has 10 heteroatoms. The molecule has 0 unspecified atom stereocenters. The van der Waals surface area contributed by atoms with E-state index in [1.807, 2.05) is 0 Å². The first-order valence-electron chi connectivity index (χ1n) is 10.2. The Kier molecular flexibility index (Phi) is 7.07. The molecule has 1 amide bonds. The Bertz CT molecular complexity index is 1220. The maximum absolute atomic E-state index is 13.1. The van der Waals surface area contributed by atoms with Crippen LogP contribution in [0.1, 0.15) is 42.3 Å². The Morgan fingerprint density at radius 1 is 1.06 bits per heavy atom. The molecule has 34 heavy (non-hydrogen) atoms. The molecule has 0 fully saturated rings. The minimum atomic E-state index is -4.46. The van der Waals surface area contributed by atoms with Crippen LogP contribution in [0.4, 0.5) is 13.2 Å². The first kappa shape index (κ1) is 25.3. The molecule has 0 aliphatic rings. The highest BCUT2D eigenvalue weighted by Gasteiger charge is 2.34. The number of nitrogens with one attached hydrogen (secondary N) is 1. The number of carboxylic acid groups (broad SMARTS) is 1. The third-order valence-corrected chi connectivity index (χ3v) is 5.29. The molecule has 6 nitrogen and oxygen atoms in total. The highest BCUT2D eigenvalue weighted by Crippen LogP contribution is 2.32. The molecule has 1 heterocycles. The summed E-state index contributed by atoms with van der Waals surface area (Å²) in [6, 6.07) is 9.54. The minimum Gasteiger partial charge on any atom is -0.486 e. The molecule has 3 aromatic rings. The first-order valence-corrected chi connectivity index (χ1v) is 10.6. The van der Waals surface area contributed by atoms with Crippen LogP contribution in [-0.2, 0) is 17.6 Å². The van der Waals surface area contributed by atoms with Crippen molar-refractivity contribution in [1.82, 2.24) is 10.3 Å². The lowest BCUT2D eigenvalue weighted by Gasteiger charge is -2.28. The number of hydrogen-bond donors (Lipinski definition) is 2. The average molecular weight is 495 g/mol. The van der Waals surface area contributed by atoms with Crippen molar-refractivity contribution in [1.29, 1.82) is 0 Å². The van der Waals surface area contributed by atoms with Gasteiger partial charge in [0.25, 0.3) is 5.91 Å². The molecule has 2 aromatic carbocycles. The van der Waals surface area contributed by atoms with Gasteiger partial charge in [-0.15, -0.1) is 0 Å². The number of nitrogens with zero attached hydrogens (tertiary/aromatic N) is 1. The third-order valence-electron chi connectivity index (χ3n) is 5.08. The van der Waals surface area contributed by atoms with Gasteiger partial charge < -0.3 is 15.2 Å². The zero-order valence-electron chi connectivity index (χ0n) is 18.5. The van der Waals surface area contributed by atoms with E-state index in [-0.39, 0.29) is 28.6 Å². The molecule has 3 rings (SSSR count). The second-order valence-electron chi connectivity index (χ2n) is 8.74. The summed E-state index contributed by atoms with van der Waals surface area (Å²) in [7, 11) is 0. The lowest BCUT2D eigenvalue weighted by atomic mass is 9.86. The van der Waals surface area contributed by atoms with Crippen molar-refractivity contribution >= 4 is 34.4 Å². The summed E-state index contributed by atoms with van der Waals surface area (Å²) in [5.41, 5.74) is -0.867. The molecule has 0 saturated heterocycles. The molecule has 1 aromatic heterocycles. The number of halogens is 4. The van der Waals surface area contributed by atoms with Crippen molar-refractivity contribution in [2.45, 2.75) is 39.6 Å². The summed E-state index contributed by atoms with van der Waals surface area (Å²) in [5, 5.41) is 12.8. The van der Waals surface area contributed by atoms with Gasteiger partial charge in [-0.2, -0.15) is 13.2 Å². The maximum atomic E-state index is 13.1. The normalized spacial score (nSPS) is 12.9. The van der Waals surface area contributed by atoms with E-state index in [9.17, 15) is 27.9 Å². The minimum absolute atomic E-state index is 0.0182. The number of rotatable bonds is 6. The highest BCUT2D eigenvalue weighted by molar-refractivity contribution is 6.29. The zero-order valence-corrected chi connectivity index (χ0v) is 19.3. The summed E-state index contributed by atoms with van der Waals surface area (Å²) in [5.74, 6) is -1.86. The van der Waals surface area contributed by atoms with E-state index in [2.05, 4.69) is 10.3 Å². The summed E-state index contributed by atoms with van der Waals surface area (Å²) in [6.45, 7) is 4.87. The van der Waals surface area contributed by atoms with E-state index in [1.54, 1.807) is 39.0 Å². The third kappa shape index (κ3) is 5.77. The second-order valence-corrected chi connectivity index (χ2v) is 9.13. The van der Waals surface area contributed by atoms with Crippen LogP contribution in [0, 0.1) is 5.41 Å². The number of benzene rings is 2. The molecule has 0 bridgehead atoms. The quantitative estimate of drug-likeness (QED) is 0.428. The van der Waals surface area contributed by atoms with Gasteiger partial charge in [0.1, 0.15) is 23.3 Å². The maximum Gasteiger partial charge on any atom is 0.416 e. The Hall–Kier alpha value is -3.33. The van der Waals surface area contributed by atoms with E-state index >= 15 is 0 Å². The molecule has 2 N–H and O–H groups in total. The number of alkyl halides is 3. The van der Waals surface area contributed by atoms with Gasteiger partial charge in [0.05, 0.1) is 11.1 Å². The number of carbonyl (C=O) groups is 2. The van der Waals surface area contributed by atoms with Crippen LogP contribution in [-0.4, -0.2) is 28.0 Å². The Morgan fingerprint density at radius 2 is 1.68 bits per heavy atom. The lowest BCUT2D eigenvalue weighted by Crippen LogP contribution is -2.49. The molecule has 0 spiro atoms. The van der Waals surface area contributed by atoms with Gasteiger partial charge >= 0.3 is 12.1 Å². The number of ether oxygens (including phenoxy) is 1. The molecule has 0 saturated carbocycles. The number of amides is 1. The molecule has 0 radical (unpaired) electrons. The standard InChI is InChI=1S/C24H22ClF3N2O4/c1-23(2,3)20(22(32)33)30-21(31)16-10-6-14-7-11-17(25)29-18(14)19(16)34-12-13-4-8-15(9-5-13)24(26,27)28/h4-11,20H,12H2,1-3H3,(H,30,31)(H,32,33)/t20-/m1/s1. The van der Waals surface area contributed by atoms with Crippen molar-refractivity contribution in [3.05, 3.63) is 70.4 Å². The number of aliphatic carboxylic acids is 1. The van der Waals surface area contributed by atoms with Crippen LogP contribution in [0.3, 0.4) is 0 Å². The van der Waals surface area contributed by atoms with Crippen LogP contribution >= 0.6 is 11.6 Å². The largest absolute Gasteiger partial charge is 0.486 e. The molecular weight excluding hydrogens is 473 g/mol. The van der Waals surface area contributed by atoms with Crippen LogP contribution in [0.2, 0.25) is 5.15 Å². The van der Waals surface area contributed by atoms with Crippen molar-refractivity contribution in [2.75, 3.05) is 0 Å². The molecule has 0 aliphatic carbocycles. The molecular formula is C24H22ClF3N2O4. The number of aromatic nitrogens is 1. The van der Waals surface area contributed by atoms with Gasteiger partial charge in [0.2, 0.25) is 0 Å². The van der Waals surface area contributed by atoms with Crippen LogP contribution in [0.25, 0.3) is 10.9 Å². The number of pyridine rings is 1. The zero-order chi connectivity index (χ0) is 25.3. The van der Waals surface area contributed by atoms with Crippen LogP contribution in [0.5, 0.6) is 5.75 Å². The Morgan fingerprint density at radius 3 is 2.24 bits per heavy atom. The number of carbonyl (C=O) groups excluding carboxylic acids is 1. The van der Waals surface area contributed by atoms with Crippen molar-refractivity contribution < 1.29 is 32.6 Å². The number of carboxylic acids is 1. The smallest absolute Gasteiger partial charge is 0.416 e. The van der Waals surface area contributed by atoms with E-state index in [0.717, 1.165) is 12.1 Å². The topological polar surface area (TPSA) is 88.5 Å². The van der Waals surface area contributed by atoms with Crippen molar-refractivity contribution in [3.8, 4) is 5.75 Å². The summed E-state index contributed by atoms with van der Waals surface area (Å²) in [6.07, 6.45) is -4.46. The van der Waals surface area contributed by atoms with Gasteiger partial charge in [-0.05, 0) is 41.3 Å². The summed E-state index contributed by atoms with van der Waals surface area (Å²) in [4.78, 5) is 29.0. The monoisotopic (exact) mass is 494 g/mol. The van der Waals surface area contributed by atoms with Gasteiger partial charge in [0.15, 0.2) is 5.75 Å². The van der Waals surface area contributed by atoms with Gasteiger partial charge in [-0.25, -0.2) is 9.78 Å². The fraction of sp³-hybridized carbons (Fsp3) is 0.292. The van der Waals surface area contributed by atoms with Gasteiger partial charge in [0, 0.05) is 5.39 Å². The van der Waals surface area contributed by atoms with Gasteiger partial charge in [-0.1, -0.05) is 50.6 Å². The average Bonchev–Trinajstić information content (AvgIpc) is 2.74. The fourth-order valence-corrected chi connectivity index (χ4v) is 3.41. The summed E-state index contributed by atoms with van der Waals surface area (Å²) >= 11 is 6.03. The second kappa shape index (κ2) is 9.50.